The number of nitrogens with zero attached hydrogens (tertiary/aromatic N) is 3. The molecule has 0 aliphatic rings. The van der Waals surface area contributed by atoms with E-state index in [-0.39, 0.29) is 12.5 Å². The van der Waals surface area contributed by atoms with Gasteiger partial charge < -0.3 is 23.9 Å². The van der Waals surface area contributed by atoms with Crippen LogP contribution in [0.25, 0.3) is 27.4 Å². The van der Waals surface area contributed by atoms with E-state index in [1.807, 2.05) is 66.7 Å². The van der Waals surface area contributed by atoms with Crippen LogP contribution in [-0.2, 0) is 13.0 Å². The Morgan fingerprint density at radius 2 is 1.88 bits per heavy atom. The lowest BCUT2D eigenvalue weighted by molar-refractivity contribution is 0.102. The van der Waals surface area contributed by atoms with E-state index in [9.17, 15) is 4.79 Å². The molecule has 0 unspecified atom stereocenters. The number of aromatic nitrogens is 3. The highest BCUT2D eigenvalue weighted by atomic mass is 32.1. The van der Waals surface area contributed by atoms with Crippen molar-refractivity contribution in [1.29, 1.82) is 0 Å². The van der Waals surface area contributed by atoms with Crippen LogP contribution >= 0.6 is 11.3 Å². The number of hydrogen-bond donors (Lipinski definition) is 1. The van der Waals surface area contributed by atoms with Gasteiger partial charge in [0.1, 0.15) is 29.4 Å². The summed E-state index contributed by atoms with van der Waals surface area (Å²) in [7, 11) is 3.17. The standard InChI is InChI=1S/C31H28N4O5S/c1-4-6-19-9-11-21(12-10-19)29(36)32-22-8-5-7-20(13-22)18-39-26-14-23(37-2)15-27-24(26)16-28(40-27)25-17-35-30(33-25)41-31(34-35)38-3/h5,7-17H,4,6,18H2,1-3H3,(H,32,36). The summed E-state index contributed by atoms with van der Waals surface area (Å²) >= 11 is 1.35. The fraction of sp³-hybridized carbons (Fsp3) is 0.194. The molecule has 0 radical (unpaired) electrons. The summed E-state index contributed by atoms with van der Waals surface area (Å²) in [4.78, 5) is 18.1. The van der Waals surface area contributed by atoms with E-state index in [0.717, 1.165) is 23.8 Å². The Labute approximate surface area is 240 Å². The lowest BCUT2D eigenvalue weighted by Gasteiger charge is -2.11. The average Bonchev–Trinajstić information content (AvgIpc) is 3.70. The van der Waals surface area contributed by atoms with Crippen molar-refractivity contribution < 1.29 is 23.4 Å². The first-order valence-corrected chi connectivity index (χ1v) is 14.0. The second kappa shape index (κ2) is 11.3. The molecule has 208 valence electrons. The second-order valence-corrected chi connectivity index (χ2v) is 10.4. The zero-order valence-corrected chi connectivity index (χ0v) is 23.7. The molecule has 3 aromatic heterocycles. The summed E-state index contributed by atoms with van der Waals surface area (Å²) in [6.07, 6.45) is 3.86. The molecule has 0 aliphatic heterocycles. The van der Waals surface area contributed by atoms with Gasteiger partial charge in [-0.05, 0) is 59.2 Å². The number of benzene rings is 3. The zero-order chi connectivity index (χ0) is 28.3. The maximum Gasteiger partial charge on any atom is 0.294 e. The minimum Gasteiger partial charge on any atom is -0.496 e. The normalized spacial score (nSPS) is 11.2. The first kappa shape index (κ1) is 26.4. The molecule has 0 aliphatic carbocycles. The molecule has 6 rings (SSSR count). The van der Waals surface area contributed by atoms with Gasteiger partial charge in [-0.15, -0.1) is 5.10 Å². The van der Waals surface area contributed by atoms with Gasteiger partial charge in [0, 0.05) is 23.4 Å². The third-order valence-corrected chi connectivity index (χ3v) is 7.48. The van der Waals surface area contributed by atoms with Gasteiger partial charge in [0.25, 0.3) is 11.1 Å². The van der Waals surface area contributed by atoms with Crippen molar-refractivity contribution in [2.24, 2.45) is 0 Å². The molecule has 0 saturated heterocycles. The number of aryl methyl sites for hydroxylation is 1. The highest BCUT2D eigenvalue weighted by Crippen LogP contribution is 2.37. The number of rotatable bonds is 10. The molecule has 1 amide bonds. The minimum atomic E-state index is -0.153. The van der Waals surface area contributed by atoms with E-state index < -0.39 is 0 Å². The van der Waals surface area contributed by atoms with Crippen LogP contribution in [0.4, 0.5) is 5.69 Å². The third-order valence-electron chi connectivity index (χ3n) is 6.59. The summed E-state index contributed by atoms with van der Waals surface area (Å²) in [6.45, 7) is 2.42. The number of hydrogen-bond acceptors (Lipinski definition) is 8. The number of amides is 1. The molecule has 0 spiro atoms. The number of anilines is 1. The number of ether oxygens (including phenoxy) is 3. The zero-order valence-electron chi connectivity index (χ0n) is 22.8. The van der Waals surface area contributed by atoms with E-state index in [1.165, 1.54) is 16.9 Å². The highest BCUT2D eigenvalue weighted by Gasteiger charge is 2.17. The van der Waals surface area contributed by atoms with Gasteiger partial charge >= 0.3 is 0 Å². The Hall–Kier alpha value is -4.83. The molecule has 10 heteroatoms. The number of imidazole rings is 1. The fourth-order valence-corrected chi connectivity index (χ4v) is 5.24. The predicted molar refractivity (Wildman–Crippen MR) is 158 cm³/mol. The lowest BCUT2D eigenvalue weighted by atomic mass is 10.1. The Morgan fingerprint density at radius 1 is 1.02 bits per heavy atom. The Bertz CT molecular complexity index is 1810. The number of furan rings is 1. The van der Waals surface area contributed by atoms with Gasteiger partial charge in [-0.3, -0.25) is 4.79 Å². The smallest absolute Gasteiger partial charge is 0.294 e. The van der Waals surface area contributed by atoms with Gasteiger partial charge in [0.15, 0.2) is 5.76 Å². The minimum absolute atomic E-state index is 0.153. The largest absolute Gasteiger partial charge is 0.496 e. The first-order chi connectivity index (χ1) is 20.0. The summed E-state index contributed by atoms with van der Waals surface area (Å²) in [5, 5.41) is 8.64. The van der Waals surface area contributed by atoms with Crippen LogP contribution in [0, 0.1) is 0 Å². The van der Waals surface area contributed by atoms with Crippen LogP contribution in [0.15, 0.2) is 77.3 Å². The van der Waals surface area contributed by atoms with Gasteiger partial charge in [-0.1, -0.05) is 37.6 Å². The Kier molecular flexibility index (Phi) is 7.30. The van der Waals surface area contributed by atoms with Gasteiger partial charge in [0.2, 0.25) is 4.96 Å². The van der Waals surface area contributed by atoms with Crippen molar-refractivity contribution in [1.82, 2.24) is 14.6 Å². The van der Waals surface area contributed by atoms with Gasteiger partial charge in [-0.2, -0.15) is 0 Å². The molecule has 3 heterocycles. The molecule has 41 heavy (non-hydrogen) atoms. The van der Waals surface area contributed by atoms with Crippen molar-refractivity contribution in [3.8, 4) is 28.1 Å². The van der Waals surface area contributed by atoms with E-state index in [4.69, 9.17) is 18.6 Å². The molecular formula is C31H28N4O5S. The van der Waals surface area contributed by atoms with Gasteiger partial charge in [0.05, 0.1) is 25.8 Å². The van der Waals surface area contributed by atoms with E-state index in [1.54, 1.807) is 24.9 Å². The maximum absolute atomic E-state index is 12.8. The summed E-state index contributed by atoms with van der Waals surface area (Å²) in [6, 6.07) is 20.9. The van der Waals surface area contributed by atoms with Crippen molar-refractivity contribution in [2.75, 3.05) is 19.5 Å². The monoisotopic (exact) mass is 568 g/mol. The predicted octanol–water partition coefficient (Wildman–Crippen LogP) is 7.01. The SMILES string of the molecule is CCCc1ccc(C(=O)Nc2cccc(COc3cc(OC)cc4oc(-c5cn6nc(OC)sc6n5)cc34)c2)cc1. The third kappa shape index (κ3) is 5.59. The van der Waals surface area contributed by atoms with Crippen LogP contribution in [-0.4, -0.2) is 34.7 Å². The van der Waals surface area contributed by atoms with E-state index in [2.05, 4.69) is 22.3 Å². The highest BCUT2D eigenvalue weighted by molar-refractivity contribution is 7.18. The van der Waals surface area contributed by atoms with Gasteiger partial charge in [-0.25, -0.2) is 9.50 Å². The second-order valence-electron chi connectivity index (χ2n) is 9.46. The number of nitrogens with one attached hydrogen (secondary N) is 1. The molecule has 0 atom stereocenters. The van der Waals surface area contributed by atoms with Crippen LogP contribution in [0.5, 0.6) is 16.7 Å². The first-order valence-electron chi connectivity index (χ1n) is 13.2. The molecule has 0 bridgehead atoms. The van der Waals surface area contributed by atoms with Crippen LogP contribution in [0.1, 0.15) is 34.8 Å². The molecule has 0 saturated carbocycles. The molecule has 9 nitrogen and oxygen atoms in total. The molecule has 1 N–H and O–H groups in total. The Balaban J connectivity index is 1.20. The van der Waals surface area contributed by atoms with Crippen molar-refractivity contribution in [3.05, 3.63) is 89.6 Å². The van der Waals surface area contributed by atoms with Crippen molar-refractivity contribution >= 4 is 38.9 Å². The van der Waals surface area contributed by atoms with E-state index in [0.29, 0.717) is 49.9 Å². The topological polar surface area (TPSA) is 100 Å². The summed E-state index contributed by atoms with van der Waals surface area (Å²) < 4.78 is 24.7. The maximum atomic E-state index is 12.8. The van der Waals surface area contributed by atoms with Crippen LogP contribution < -0.4 is 19.5 Å². The number of methoxy groups -OCH3 is 2. The van der Waals surface area contributed by atoms with E-state index >= 15 is 0 Å². The lowest BCUT2D eigenvalue weighted by Crippen LogP contribution is -2.12. The molecule has 6 aromatic rings. The number of carbonyl (C=O) groups excluding carboxylic acids is 1. The summed E-state index contributed by atoms with van der Waals surface area (Å²) in [5.74, 6) is 1.65. The molecular weight excluding hydrogens is 540 g/mol. The number of carbonyl (C=O) groups is 1. The molecule has 0 fully saturated rings. The quantitative estimate of drug-likeness (QED) is 0.190. The Morgan fingerprint density at radius 3 is 2.63 bits per heavy atom. The van der Waals surface area contributed by atoms with Crippen molar-refractivity contribution in [2.45, 2.75) is 26.4 Å². The summed E-state index contributed by atoms with van der Waals surface area (Å²) in [5.41, 5.74) is 4.70. The van der Waals surface area contributed by atoms with Crippen LogP contribution in [0.2, 0.25) is 0 Å². The average molecular weight is 569 g/mol. The van der Waals surface area contributed by atoms with Crippen molar-refractivity contribution in [3.63, 3.8) is 0 Å². The number of fused-ring (bicyclic) bond motifs is 2. The fourth-order valence-electron chi connectivity index (χ4n) is 4.54. The molecule has 3 aromatic carbocycles. The van der Waals surface area contributed by atoms with Crippen LogP contribution in [0.3, 0.4) is 0 Å².